The molecule has 1 N–H and O–H groups in total. The minimum Gasteiger partial charge on any atom is -0.467 e. The standard InChI is InChI=1S/C17H17N3O4S2/c21-17(18-10-13-3-1-6-24-13)14-9-15(16-4-2-7-25-16)20(19-14)12-5-8-26(22,23)11-12/h1-4,6-7,9,12H,5,8,10-11H2,(H,18,21). The van der Waals surface area contributed by atoms with Gasteiger partial charge in [0, 0.05) is 0 Å². The van der Waals surface area contributed by atoms with E-state index in [0.29, 0.717) is 12.2 Å². The third-order valence-corrected chi connectivity index (χ3v) is 6.94. The molecule has 4 heterocycles. The highest BCUT2D eigenvalue weighted by Crippen LogP contribution is 2.32. The number of nitrogens with zero attached hydrogens (tertiary/aromatic N) is 2. The first-order valence-corrected chi connectivity index (χ1v) is 10.9. The molecule has 7 nitrogen and oxygen atoms in total. The van der Waals surface area contributed by atoms with Gasteiger partial charge in [0.05, 0.1) is 40.9 Å². The Morgan fingerprint density at radius 1 is 1.38 bits per heavy atom. The number of rotatable bonds is 5. The third kappa shape index (κ3) is 3.45. The number of thiophene rings is 1. The zero-order valence-corrected chi connectivity index (χ0v) is 15.4. The number of amides is 1. The fourth-order valence-corrected chi connectivity index (χ4v) is 5.46. The molecule has 1 saturated heterocycles. The first kappa shape index (κ1) is 17.0. The quantitative estimate of drug-likeness (QED) is 0.721. The summed E-state index contributed by atoms with van der Waals surface area (Å²) in [4.78, 5) is 13.4. The normalized spacial score (nSPS) is 18.8. The molecule has 1 unspecified atom stereocenters. The average molecular weight is 391 g/mol. The fourth-order valence-electron chi connectivity index (χ4n) is 3.03. The molecule has 0 saturated carbocycles. The van der Waals surface area contributed by atoms with E-state index in [1.807, 2.05) is 17.5 Å². The Morgan fingerprint density at radius 2 is 2.27 bits per heavy atom. The Labute approximate surface area is 154 Å². The molecule has 1 aliphatic heterocycles. The summed E-state index contributed by atoms with van der Waals surface area (Å²) in [5, 5.41) is 9.14. The summed E-state index contributed by atoms with van der Waals surface area (Å²) in [6, 6.07) is 8.86. The van der Waals surface area contributed by atoms with Gasteiger partial charge in [-0.3, -0.25) is 9.48 Å². The van der Waals surface area contributed by atoms with Crippen molar-refractivity contribution < 1.29 is 17.6 Å². The number of carbonyl (C=O) groups excluding carboxylic acids is 1. The van der Waals surface area contributed by atoms with E-state index in [9.17, 15) is 13.2 Å². The molecule has 1 aliphatic rings. The van der Waals surface area contributed by atoms with Gasteiger partial charge in [0.2, 0.25) is 0 Å². The lowest BCUT2D eigenvalue weighted by Gasteiger charge is -2.12. The maximum absolute atomic E-state index is 12.5. The minimum atomic E-state index is -3.05. The van der Waals surface area contributed by atoms with Crippen molar-refractivity contribution in [1.29, 1.82) is 0 Å². The summed E-state index contributed by atoms with van der Waals surface area (Å²) in [6.07, 6.45) is 2.06. The van der Waals surface area contributed by atoms with Crippen LogP contribution >= 0.6 is 11.3 Å². The van der Waals surface area contributed by atoms with Gasteiger partial charge >= 0.3 is 0 Å². The highest BCUT2D eigenvalue weighted by Gasteiger charge is 2.32. The lowest BCUT2D eigenvalue weighted by Crippen LogP contribution is -2.23. The van der Waals surface area contributed by atoms with Gasteiger partial charge in [-0.05, 0) is 36.1 Å². The Hall–Kier alpha value is -2.39. The zero-order chi connectivity index (χ0) is 18.1. The van der Waals surface area contributed by atoms with Gasteiger partial charge in [0.25, 0.3) is 5.91 Å². The van der Waals surface area contributed by atoms with Gasteiger partial charge < -0.3 is 9.73 Å². The van der Waals surface area contributed by atoms with E-state index in [1.54, 1.807) is 29.1 Å². The third-order valence-electron chi connectivity index (χ3n) is 4.30. The van der Waals surface area contributed by atoms with E-state index in [-0.39, 0.29) is 35.7 Å². The van der Waals surface area contributed by atoms with E-state index < -0.39 is 9.84 Å². The van der Waals surface area contributed by atoms with Gasteiger partial charge in [0.15, 0.2) is 15.5 Å². The van der Waals surface area contributed by atoms with Crippen LogP contribution in [0.25, 0.3) is 10.6 Å². The number of furan rings is 1. The number of aromatic nitrogens is 2. The van der Waals surface area contributed by atoms with E-state index in [2.05, 4.69) is 10.4 Å². The van der Waals surface area contributed by atoms with Crippen LogP contribution in [-0.2, 0) is 16.4 Å². The van der Waals surface area contributed by atoms with Crippen molar-refractivity contribution in [3.63, 3.8) is 0 Å². The molecule has 0 aliphatic carbocycles. The lowest BCUT2D eigenvalue weighted by atomic mass is 10.2. The van der Waals surface area contributed by atoms with E-state index >= 15 is 0 Å². The largest absolute Gasteiger partial charge is 0.467 e. The van der Waals surface area contributed by atoms with Crippen LogP contribution in [0.3, 0.4) is 0 Å². The van der Waals surface area contributed by atoms with Gasteiger partial charge in [-0.15, -0.1) is 11.3 Å². The Kier molecular flexibility index (Phi) is 4.41. The van der Waals surface area contributed by atoms with Crippen LogP contribution in [-0.4, -0.2) is 35.6 Å². The molecule has 9 heteroatoms. The average Bonchev–Trinajstić information content (AvgIpc) is 3.37. The number of hydrogen-bond acceptors (Lipinski definition) is 6. The van der Waals surface area contributed by atoms with Gasteiger partial charge in [-0.1, -0.05) is 6.07 Å². The molecule has 1 fully saturated rings. The maximum atomic E-state index is 12.5. The smallest absolute Gasteiger partial charge is 0.272 e. The number of carbonyl (C=O) groups is 1. The topological polar surface area (TPSA) is 94.2 Å². The number of nitrogens with one attached hydrogen (secondary N) is 1. The summed E-state index contributed by atoms with van der Waals surface area (Å²) in [6.45, 7) is 0.269. The predicted molar refractivity (Wildman–Crippen MR) is 97.7 cm³/mol. The van der Waals surface area contributed by atoms with E-state index in [0.717, 1.165) is 10.6 Å². The van der Waals surface area contributed by atoms with Crippen molar-refractivity contribution in [2.75, 3.05) is 11.5 Å². The second-order valence-electron chi connectivity index (χ2n) is 6.16. The second-order valence-corrected chi connectivity index (χ2v) is 9.33. The highest BCUT2D eigenvalue weighted by atomic mass is 32.2. The van der Waals surface area contributed by atoms with Crippen molar-refractivity contribution >= 4 is 27.1 Å². The molecule has 3 aromatic rings. The molecule has 0 radical (unpaired) electrons. The van der Waals surface area contributed by atoms with Crippen LogP contribution in [0.4, 0.5) is 0 Å². The molecule has 136 valence electrons. The fraction of sp³-hybridized carbons (Fsp3) is 0.294. The summed E-state index contributed by atoms with van der Waals surface area (Å²) in [5.74, 6) is 0.541. The maximum Gasteiger partial charge on any atom is 0.272 e. The monoisotopic (exact) mass is 391 g/mol. The van der Waals surface area contributed by atoms with Crippen molar-refractivity contribution in [2.24, 2.45) is 0 Å². The van der Waals surface area contributed by atoms with Crippen LogP contribution in [0.1, 0.15) is 28.7 Å². The predicted octanol–water partition coefficient (Wildman–Crippen LogP) is 2.49. The van der Waals surface area contributed by atoms with Crippen molar-refractivity contribution in [3.8, 4) is 10.6 Å². The Morgan fingerprint density at radius 3 is 2.92 bits per heavy atom. The molecule has 26 heavy (non-hydrogen) atoms. The van der Waals surface area contributed by atoms with Gasteiger partial charge in [-0.2, -0.15) is 5.10 Å². The second kappa shape index (κ2) is 6.73. The minimum absolute atomic E-state index is 0.0561. The molecule has 1 amide bonds. The Balaban J connectivity index is 1.62. The van der Waals surface area contributed by atoms with E-state index in [4.69, 9.17) is 4.42 Å². The van der Waals surface area contributed by atoms with Crippen molar-refractivity contribution in [3.05, 3.63) is 53.4 Å². The van der Waals surface area contributed by atoms with Crippen molar-refractivity contribution in [1.82, 2.24) is 15.1 Å². The Bertz CT molecular complexity index is 1000. The SMILES string of the molecule is O=C(NCc1ccco1)c1cc(-c2cccs2)n(C2CCS(=O)(=O)C2)n1. The zero-order valence-electron chi connectivity index (χ0n) is 13.8. The highest BCUT2D eigenvalue weighted by molar-refractivity contribution is 7.91. The van der Waals surface area contributed by atoms with Crippen LogP contribution < -0.4 is 5.32 Å². The molecular formula is C17H17N3O4S2. The first-order chi connectivity index (χ1) is 12.5. The lowest BCUT2D eigenvalue weighted by molar-refractivity contribution is 0.0942. The van der Waals surface area contributed by atoms with Gasteiger partial charge in [0.1, 0.15) is 5.76 Å². The number of hydrogen-bond donors (Lipinski definition) is 1. The van der Waals surface area contributed by atoms with Crippen LogP contribution in [0.15, 0.2) is 46.4 Å². The molecule has 0 aromatic carbocycles. The van der Waals surface area contributed by atoms with Gasteiger partial charge in [-0.25, -0.2) is 8.42 Å². The molecule has 3 aromatic heterocycles. The van der Waals surface area contributed by atoms with E-state index in [1.165, 1.54) is 11.3 Å². The summed E-state index contributed by atoms with van der Waals surface area (Å²) >= 11 is 1.53. The molecule has 0 bridgehead atoms. The first-order valence-electron chi connectivity index (χ1n) is 8.16. The number of sulfone groups is 1. The molecule has 0 spiro atoms. The van der Waals surface area contributed by atoms with Crippen LogP contribution in [0.2, 0.25) is 0 Å². The van der Waals surface area contributed by atoms with Crippen molar-refractivity contribution in [2.45, 2.75) is 19.0 Å². The summed E-state index contributed by atoms with van der Waals surface area (Å²) in [5.41, 5.74) is 1.04. The molecular weight excluding hydrogens is 374 g/mol. The van der Waals surface area contributed by atoms with Crippen LogP contribution in [0.5, 0.6) is 0 Å². The molecule has 4 rings (SSSR count). The molecule has 1 atom stereocenters. The summed E-state index contributed by atoms with van der Waals surface area (Å²) in [7, 11) is -3.05. The summed E-state index contributed by atoms with van der Waals surface area (Å²) < 4.78 is 30.6. The van der Waals surface area contributed by atoms with Crippen LogP contribution in [0, 0.1) is 0 Å².